The first-order chi connectivity index (χ1) is 13.5. The SMILES string of the molecule is COc1cc(NC(=O)Nc2nccn(-c3cccc(F)c3)c2=O)cc(OC)c1. The minimum atomic E-state index is -0.683. The molecule has 2 amide bonds. The van der Waals surface area contributed by atoms with Crippen LogP contribution in [0.3, 0.4) is 0 Å². The molecule has 28 heavy (non-hydrogen) atoms. The summed E-state index contributed by atoms with van der Waals surface area (Å²) in [6, 6.07) is 9.66. The maximum Gasteiger partial charge on any atom is 0.325 e. The van der Waals surface area contributed by atoms with Crippen molar-refractivity contribution in [2.24, 2.45) is 0 Å². The van der Waals surface area contributed by atoms with E-state index in [9.17, 15) is 14.0 Å². The Kier molecular flexibility index (Phi) is 5.54. The predicted octanol–water partition coefficient (Wildman–Crippen LogP) is 3.03. The standard InChI is InChI=1S/C19H17FN4O4/c1-27-15-9-13(10-16(11-15)28-2)22-19(26)23-17-18(25)24(7-6-21-17)14-5-3-4-12(20)8-14/h3-11H,1-2H3,(H2,21,22,23,26). The molecule has 0 aliphatic carbocycles. The highest BCUT2D eigenvalue weighted by atomic mass is 19.1. The average Bonchev–Trinajstić information content (AvgIpc) is 2.69. The van der Waals surface area contributed by atoms with Gasteiger partial charge in [-0.05, 0) is 18.2 Å². The number of ether oxygens (including phenoxy) is 2. The third-order valence-electron chi connectivity index (χ3n) is 3.77. The number of amides is 2. The Balaban J connectivity index is 1.82. The van der Waals surface area contributed by atoms with E-state index in [4.69, 9.17) is 9.47 Å². The van der Waals surface area contributed by atoms with Gasteiger partial charge >= 0.3 is 6.03 Å². The van der Waals surface area contributed by atoms with Gasteiger partial charge < -0.3 is 14.8 Å². The maximum atomic E-state index is 13.4. The van der Waals surface area contributed by atoms with E-state index in [1.54, 1.807) is 24.3 Å². The Bertz CT molecular complexity index is 1050. The lowest BCUT2D eigenvalue weighted by molar-refractivity contribution is 0.262. The highest BCUT2D eigenvalue weighted by molar-refractivity contribution is 5.99. The molecule has 1 heterocycles. The van der Waals surface area contributed by atoms with E-state index in [0.29, 0.717) is 22.9 Å². The fraction of sp³-hybridized carbons (Fsp3) is 0.105. The van der Waals surface area contributed by atoms with Crippen LogP contribution in [0.15, 0.2) is 59.7 Å². The summed E-state index contributed by atoms with van der Waals surface area (Å²) in [4.78, 5) is 28.7. The maximum absolute atomic E-state index is 13.4. The highest BCUT2D eigenvalue weighted by Gasteiger charge is 2.12. The van der Waals surface area contributed by atoms with E-state index in [-0.39, 0.29) is 5.82 Å². The Morgan fingerprint density at radius 2 is 1.79 bits per heavy atom. The number of hydrogen-bond donors (Lipinski definition) is 2. The molecular formula is C19H17FN4O4. The van der Waals surface area contributed by atoms with Gasteiger partial charge in [-0.1, -0.05) is 6.07 Å². The van der Waals surface area contributed by atoms with Crippen LogP contribution in [0.1, 0.15) is 0 Å². The van der Waals surface area contributed by atoms with Crippen LogP contribution in [0.5, 0.6) is 11.5 Å². The number of halogens is 1. The van der Waals surface area contributed by atoms with Crippen molar-refractivity contribution in [1.82, 2.24) is 9.55 Å². The molecule has 0 saturated carbocycles. The zero-order valence-corrected chi connectivity index (χ0v) is 15.1. The summed E-state index contributed by atoms with van der Waals surface area (Å²) in [7, 11) is 2.97. The molecule has 0 spiro atoms. The summed E-state index contributed by atoms with van der Waals surface area (Å²) in [6.07, 6.45) is 2.71. The third-order valence-corrected chi connectivity index (χ3v) is 3.77. The van der Waals surface area contributed by atoms with Crippen molar-refractivity contribution in [2.75, 3.05) is 24.9 Å². The molecule has 3 aromatic rings. The van der Waals surface area contributed by atoms with Crippen molar-refractivity contribution >= 4 is 17.5 Å². The lowest BCUT2D eigenvalue weighted by Crippen LogP contribution is -2.28. The summed E-state index contributed by atoms with van der Waals surface area (Å²) in [5, 5.41) is 4.97. The molecule has 2 aromatic carbocycles. The Labute approximate surface area is 159 Å². The molecule has 0 unspecified atom stereocenters. The number of methoxy groups -OCH3 is 2. The van der Waals surface area contributed by atoms with E-state index >= 15 is 0 Å². The molecular weight excluding hydrogens is 367 g/mol. The molecule has 0 aliphatic heterocycles. The van der Waals surface area contributed by atoms with Gasteiger partial charge in [0.25, 0.3) is 5.56 Å². The van der Waals surface area contributed by atoms with Gasteiger partial charge in [-0.2, -0.15) is 0 Å². The monoisotopic (exact) mass is 384 g/mol. The van der Waals surface area contributed by atoms with Gasteiger partial charge in [-0.25, -0.2) is 14.2 Å². The van der Waals surface area contributed by atoms with Crippen LogP contribution >= 0.6 is 0 Å². The van der Waals surface area contributed by atoms with E-state index in [2.05, 4.69) is 15.6 Å². The second kappa shape index (κ2) is 8.21. The number of aromatic nitrogens is 2. The van der Waals surface area contributed by atoms with Gasteiger partial charge in [0.2, 0.25) is 5.82 Å². The van der Waals surface area contributed by atoms with Crippen LogP contribution in [-0.2, 0) is 0 Å². The van der Waals surface area contributed by atoms with E-state index in [1.165, 1.54) is 49.4 Å². The topological polar surface area (TPSA) is 94.5 Å². The zero-order valence-electron chi connectivity index (χ0n) is 15.1. The quantitative estimate of drug-likeness (QED) is 0.705. The molecule has 0 fully saturated rings. The Hall–Kier alpha value is -3.88. The van der Waals surface area contributed by atoms with Gasteiger partial charge in [-0.15, -0.1) is 0 Å². The molecule has 0 radical (unpaired) electrons. The number of urea groups is 1. The summed E-state index contributed by atoms with van der Waals surface area (Å²) < 4.78 is 24.9. The average molecular weight is 384 g/mol. The number of carbonyl (C=O) groups excluding carboxylic acids is 1. The number of rotatable bonds is 5. The lowest BCUT2D eigenvalue weighted by Gasteiger charge is -2.11. The van der Waals surface area contributed by atoms with Crippen LogP contribution in [0.25, 0.3) is 5.69 Å². The van der Waals surface area contributed by atoms with Crippen LogP contribution in [0.2, 0.25) is 0 Å². The summed E-state index contributed by atoms with van der Waals surface area (Å²) in [5.74, 6) is 0.279. The molecule has 2 N–H and O–H groups in total. The van der Waals surface area contributed by atoms with Gasteiger partial charge in [-0.3, -0.25) is 14.7 Å². The van der Waals surface area contributed by atoms with Crippen molar-refractivity contribution in [3.05, 3.63) is 71.0 Å². The largest absolute Gasteiger partial charge is 0.497 e. The Morgan fingerprint density at radius 1 is 1.07 bits per heavy atom. The minimum Gasteiger partial charge on any atom is -0.497 e. The molecule has 0 saturated heterocycles. The second-order valence-electron chi connectivity index (χ2n) is 5.61. The van der Waals surface area contributed by atoms with Gasteiger partial charge in [0, 0.05) is 36.3 Å². The van der Waals surface area contributed by atoms with Crippen LogP contribution in [-0.4, -0.2) is 29.8 Å². The first-order valence-corrected chi connectivity index (χ1v) is 8.15. The third kappa shape index (κ3) is 4.26. The van der Waals surface area contributed by atoms with Crippen LogP contribution in [0, 0.1) is 5.82 Å². The molecule has 144 valence electrons. The number of anilines is 2. The molecule has 8 nitrogen and oxygen atoms in total. The zero-order chi connectivity index (χ0) is 20.1. The van der Waals surface area contributed by atoms with E-state index in [1.807, 2.05) is 0 Å². The predicted molar refractivity (Wildman–Crippen MR) is 102 cm³/mol. The van der Waals surface area contributed by atoms with Crippen molar-refractivity contribution in [1.29, 1.82) is 0 Å². The van der Waals surface area contributed by atoms with Gasteiger partial charge in [0.1, 0.15) is 17.3 Å². The van der Waals surface area contributed by atoms with Crippen molar-refractivity contribution < 1.29 is 18.7 Å². The fourth-order valence-corrected chi connectivity index (χ4v) is 2.48. The van der Waals surface area contributed by atoms with Crippen LogP contribution < -0.4 is 25.7 Å². The summed E-state index contributed by atoms with van der Waals surface area (Å²) in [5.41, 5.74) is 0.106. The molecule has 9 heteroatoms. The number of hydrogen-bond acceptors (Lipinski definition) is 5. The summed E-state index contributed by atoms with van der Waals surface area (Å²) >= 11 is 0. The number of carbonyl (C=O) groups is 1. The van der Waals surface area contributed by atoms with Crippen molar-refractivity contribution in [3.8, 4) is 17.2 Å². The van der Waals surface area contributed by atoms with Gasteiger partial charge in [0.15, 0.2) is 0 Å². The van der Waals surface area contributed by atoms with Gasteiger partial charge in [0.05, 0.1) is 19.9 Å². The lowest BCUT2D eigenvalue weighted by atomic mass is 10.3. The first-order valence-electron chi connectivity index (χ1n) is 8.15. The molecule has 1 aromatic heterocycles. The Morgan fingerprint density at radius 3 is 2.43 bits per heavy atom. The number of nitrogens with zero attached hydrogens (tertiary/aromatic N) is 2. The molecule has 0 bridgehead atoms. The normalized spacial score (nSPS) is 10.2. The second-order valence-corrected chi connectivity index (χ2v) is 5.61. The molecule has 0 atom stereocenters. The van der Waals surface area contributed by atoms with E-state index < -0.39 is 17.4 Å². The first kappa shape index (κ1) is 18.9. The smallest absolute Gasteiger partial charge is 0.325 e. The molecule has 0 aliphatic rings. The van der Waals surface area contributed by atoms with Crippen molar-refractivity contribution in [3.63, 3.8) is 0 Å². The number of nitrogens with one attached hydrogen (secondary N) is 2. The van der Waals surface area contributed by atoms with E-state index in [0.717, 1.165) is 0 Å². The molecule has 3 rings (SSSR count). The van der Waals surface area contributed by atoms with Crippen molar-refractivity contribution in [2.45, 2.75) is 0 Å². The minimum absolute atomic E-state index is 0.209. The number of benzene rings is 2. The highest BCUT2D eigenvalue weighted by Crippen LogP contribution is 2.25. The van der Waals surface area contributed by atoms with Crippen LogP contribution in [0.4, 0.5) is 20.7 Å². The summed E-state index contributed by atoms with van der Waals surface area (Å²) in [6.45, 7) is 0. The fourth-order valence-electron chi connectivity index (χ4n) is 2.48.